The van der Waals surface area contributed by atoms with Crippen LogP contribution in [0.2, 0.25) is 0 Å². The van der Waals surface area contributed by atoms with E-state index in [1.807, 2.05) is 11.8 Å². The Morgan fingerprint density at radius 1 is 1.10 bits per heavy atom. The summed E-state index contributed by atoms with van der Waals surface area (Å²) in [5.74, 6) is 1.72. The summed E-state index contributed by atoms with van der Waals surface area (Å²) in [5, 5.41) is 2.96. The van der Waals surface area contributed by atoms with Crippen LogP contribution < -0.4 is 5.32 Å². The van der Waals surface area contributed by atoms with Gasteiger partial charge in [0.15, 0.2) is 0 Å². The van der Waals surface area contributed by atoms with E-state index in [9.17, 15) is 9.59 Å². The zero-order valence-electron chi connectivity index (χ0n) is 13.5. The Labute approximate surface area is 127 Å². The van der Waals surface area contributed by atoms with E-state index in [0.29, 0.717) is 17.8 Å². The molecule has 2 aliphatic carbocycles. The number of amides is 2. The van der Waals surface area contributed by atoms with Crippen molar-refractivity contribution in [2.45, 2.75) is 77.4 Å². The molecule has 1 heterocycles. The second-order valence-electron chi connectivity index (χ2n) is 7.50. The van der Waals surface area contributed by atoms with E-state index in [0.717, 1.165) is 19.3 Å². The number of carbonyl (C=O) groups excluding carboxylic acids is 2. The van der Waals surface area contributed by atoms with Gasteiger partial charge in [0.1, 0.15) is 12.1 Å². The molecule has 4 atom stereocenters. The topological polar surface area (TPSA) is 49.4 Å². The smallest absolute Gasteiger partial charge is 0.246 e. The summed E-state index contributed by atoms with van der Waals surface area (Å²) in [7, 11) is 0. The fourth-order valence-electron chi connectivity index (χ4n) is 4.28. The number of nitrogens with zero attached hydrogens (tertiary/aromatic N) is 1. The third-order valence-corrected chi connectivity index (χ3v) is 5.70. The van der Waals surface area contributed by atoms with Crippen molar-refractivity contribution in [2.75, 3.05) is 0 Å². The molecule has 0 aromatic carbocycles. The molecule has 3 fully saturated rings. The van der Waals surface area contributed by atoms with Crippen molar-refractivity contribution in [2.24, 2.45) is 17.8 Å². The lowest BCUT2D eigenvalue weighted by molar-refractivity contribution is -0.154. The lowest BCUT2D eigenvalue weighted by Gasteiger charge is -2.47. The molecule has 2 saturated carbocycles. The van der Waals surface area contributed by atoms with Crippen molar-refractivity contribution in [1.82, 2.24) is 10.2 Å². The van der Waals surface area contributed by atoms with Gasteiger partial charge in [-0.3, -0.25) is 9.59 Å². The summed E-state index contributed by atoms with van der Waals surface area (Å²) in [6, 6.07) is -0.297. The van der Waals surface area contributed by atoms with Gasteiger partial charge in [0, 0.05) is 6.04 Å². The van der Waals surface area contributed by atoms with Crippen LogP contribution in [0.1, 0.15) is 59.3 Å². The molecule has 0 aromatic heterocycles. The second kappa shape index (κ2) is 5.62. The number of nitrogens with one attached hydrogen (secondary N) is 1. The first-order valence-corrected chi connectivity index (χ1v) is 8.63. The maximum absolute atomic E-state index is 12.9. The third-order valence-electron chi connectivity index (χ3n) is 5.70. The van der Waals surface area contributed by atoms with E-state index in [2.05, 4.69) is 19.2 Å². The van der Waals surface area contributed by atoms with E-state index in [-0.39, 0.29) is 29.9 Å². The van der Waals surface area contributed by atoms with Gasteiger partial charge in [-0.2, -0.15) is 0 Å². The van der Waals surface area contributed by atoms with Crippen molar-refractivity contribution in [1.29, 1.82) is 0 Å². The highest BCUT2D eigenvalue weighted by molar-refractivity contribution is 5.97. The number of hydrogen-bond acceptors (Lipinski definition) is 2. The quantitative estimate of drug-likeness (QED) is 0.868. The van der Waals surface area contributed by atoms with Gasteiger partial charge < -0.3 is 10.2 Å². The number of carbonyl (C=O) groups is 2. The summed E-state index contributed by atoms with van der Waals surface area (Å²) < 4.78 is 0. The molecule has 0 spiro atoms. The predicted molar refractivity (Wildman–Crippen MR) is 81.5 cm³/mol. The van der Waals surface area contributed by atoms with Crippen molar-refractivity contribution < 1.29 is 9.59 Å². The summed E-state index contributed by atoms with van der Waals surface area (Å²) in [6.07, 6.45) is 6.85. The van der Waals surface area contributed by atoms with Gasteiger partial charge >= 0.3 is 0 Å². The highest BCUT2D eigenvalue weighted by atomic mass is 16.2. The molecule has 3 rings (SSSR count). The molecule has 4 nitrogen and oxygen atoms in total. The standard InChI is InChI=1S/C17H28N2O2/c1-10(2)13-6-4-5-7-14(13)19-11(3)16(20)18-15(17(19)21)12-8-9-12/h10-15H,4-9H2,1-3H3,(H,18,20). The van der Waals surface area contributed by atoms with Crippen LogP contribution in [0.5, 0.6) is 0 Å². The van der Waals surface area contributed by atoms with Gasteiger partial charge in [0.25, 0.3) is 0 Å². The predicted octanol–water partition coefficient (Wildman–Crippen LogP) is 2.33. The van der Waals surface area contributed by atoms with Crippen LogP contribution in [0.25, 0.3) is 0 Å². The molecule has 4 heteroatoms. The third kappa shape index (κ3) is 2.69. The Kier molecular flexibility index (Phi) is 3.98. The van der Waals surface area contributed by atoms with Crippen LogP contribution in [-0.2, 0) is 9.59 Å². The van der Waals surface area contributed by atoms with Crippen LogP contribution in [0, 0.1) is 17.8 Å². The van der Waals surface area contributed by atoms with E-state index in [1.54, 1.807) is 0 Å². The van der Waals surface area contributed by atoms with Crippen molar-refractivity contribution in [3.8, 4) is 0 Å². The molecule has 3 aliphatic rings. The molecule has 2 amide bonds. The van der Waals surface area contributed by atoms with Crippen LogP contribution in [0.3, 0.4) is 0 Å². The lowest BCUT2D eigenvalue weighted by atomic mass is 9.76. The molecule has 21 heavy (non-hydrogen) atoms. The first kappa shape index (κ1) is 14.9. The van der Waals surface area contributed by atoms with Crippen LogP contribution in [-0.4, -0.2) is 34.8 Å². The van der Waals surface area contributed by atoms with Crippen LogP contribution >= 0.6 is 0 Å². The zero-order valence-corrected chi connectivity index (χ0v) is 13.5. The number of piperazine rings is 1. The fourth-order valence-corrected chi connectivity index (χ4v) is 4.28. The van der Waals surface area contributed by atoms with E-state index >= 15 is 0 Å². The molecular formula is C17H28N2O2. The Hall–Kier alpha value is -1.06. The number of rotatable bonds is 3. The number of hydrogen-bond donors (Lipinski definition) is 1. The molecule has 118 valence electrons. The maximum Gasteiger partial charge on any atom is 0.246 e. The van der Waals surface area contributed by atoms with Gasteiger partial charge in [-0.05, 0) is 50.4 Å². The zero-order chi connectivity index (χ0) is 15.1. The first-order valence-electron chi connectivity index (χ1n) is 8.63. The molecule has 0 aromatic rings. The molecule has 1 saturated heterocycles. The maximum atomic E-state index is 12.9. The minimum atomic E-state index is -0.308. The summed E-state index contributed by atoms with van der Waals surface area (Å²) in [6.45, 7) is 6.39. The minimum Gasteiger partial charge on any atom is -0.342 e. The molecule has 4 unspecified atom stereocenters. The summed E-state index contributed by atoms with van der Waals surface area (Å²) in [4.78, 5) is 27.2. The van der Waals surface area contributed by atoms with E-state index in [1.165, 1.54) is 19.3 Å². The van der Waals surface area contributed by atoms with Crippen LogP contribution in [0.15, 0.2) is 0 Å². The van der Waals surface area contributed by atoms with E-state index in [4.69, 9.17) is 0 Å². The Morgan fingerprint density at radius 3 is 2.38 bits per heavy atom. The van der Waals surface area contributed by atoms with Gasteiger partial charge in [-0.1, -0.05) is 26.7 Å². The van der Waals surface area contributed by atoms with Crippen LogP contribution in [0.4, 0.5) is 0 Å². The van der Waals surface area contributed by atoms with Gasteiger partial charge in [0.05, 0.1) is 0 Å². The Morgan fingerprint density at radius 2 is 1.76 bits per heavy atom. The fraction of sp³-hybridized carbons (Fsp3) is 0.882. The normalized spacial score (nSPS) is 37.8. The molecular weight excluding hydrogens is 264 g/mol. The van der Waals surface area contributed by atoms with Crippen molar-refractivity contribution >= 4 is 11.8 Å². The lowest BCUT2D eigenvalue weighted by Crippen LogP contribution is -2.67. The van der Waals surface area contributed by atoms with Gasteiger partial charge in [0.2, 0.25) is 11.8 Å². The highest BCUT2D eigenvalue weighted by Gasteiger charge is 2.49. The first-order chi connectivity index (χ1) is 10.0. The monoisotopic (exact) mass is 292 g/mol. The van der Waals surface area contributed by atoms with Gasteiger partial charge in [-0.25, -0.2) is 0 Å². The molecule has 0 radical (unpaired) electrons. The highest BCUT2D eigenvalue weighted by Crippen LogP contribution is 2.39. The summed E-state index contributed by atoms with van der Waals surface area (Å²) in [5.41, 5.74) is 0. The molecule has 0 bridgehead atoms. The summed E-state index contributed by atoms with van der Waals surface area (Å²) >= 11 is 0. The SMILES string of the molecule is CC(C)C1CCCCC1N1C(=O)C(C2CC2)NC(=O)C1C. The van der Waals surface area contributed by atoms with Gasteiger partial charge in [-0.15, -0.1) is 0 Å². The van der Waals surface area contributed by atoms with E-state index < -0.39 is 0 Å². The average molecular weight is 292 g/mol. The Balaban J connectivity index is 1.85. The Bertz CT molecular complexity index is 431. The molecule has 1 aliphatic heterocycles. The largest absolute Gasteiger partial charge is 0.342 e. The average Bonchev–Trinajstić information content (AvgIpc) is 3.28. The van der Waals surface area contributed by atoms with Crippen molar-refractivity contribution in [3.05, 3.63) is 0 Å². The minimum absolute atomic E-state index is 0.0413. The second-order valence-corrected chi connectivity index (χ2v) is 7.50. The van der Waals surface area contributed by atoms with Crippen molar-refractivity contribution in [3.63, 3.8) is 0 Å². The molecule has 1 N–H and O–H groups in total.